The lowest BCUT2D eigenvalue weighted by atomic mass is 10.1. The van der Waals surface area contributed by atoms with E-state index in [1.54, 1.807) is 6.26 Å². The molecule has 1 aliphatic heterocycles. The summed E-state index contributed by atoms with van der Waals surface area (Å²) in [6, 6.07) is 3.88. The molecule has 0 saturated carbocycles. The fourth-order valence-corrected chi connectivity index (χ4v) is 3.01. The fourth-order valence-electron chi connectivity index (χ4n) is 3.01. The normalized spacial score (nSPS) is 18.4. The number of aryl methyl sites for hydroxylation is 2. The minimum atomic E-state index is 0.0569. The van der Waals surface area contributed by atoms with Crippen LogP contribution < -0.4 is 0 Å². The lowest BCUT2D eigenvalue weighted by molar-refractivity contribution is 0.0719. The molecule has 5 nitrogen and oxygen atoms in total. The highest BCUT2D eigenvalue weighted by Gasteiger charge is 2.33. The molecule has 1 amide bonds. The Kier molecular flexibility index (Phi) is 3.82. The molecule has 0 N–H and O–H groups in total. The van der Waals surface area contributed by atoms with Crippen LogP contribution in [0.25, 0.3) is 0 Å². The van der Waals surface area contributed by atoms with Gasteiger partial charge in [0.05, 0.1) is 23.6 Å². The second-order valence-corrected chi connectivity index (χ2v) is 5.56. The van der Waals surface area contributed by atoms with E-state index in [9.17, 15) is 4.79 Å². The lowest BCUT2D eigenvalue weighted by Gasteiger charge is -2.22. The monoisotopic (exact) mass is 287 g/mol. The third-order valence-corrected chi connectivity index (χ3v) is 4.01. The fraction of sp³-hybridized carbons (Fsp3) is 0.500. The minimum Gasteiger partial charge on any atom is -0.467 e. The van der Waals surface area contributed by atoms with Gasteiger partial charge in [-0.2, -0.15) is 5.10 Å². The molecule has 3 rings (SSSR count). The summed E-state index contributed by atoms with van der Waals surface area (Å²) < 4.78 is 7.35. The Bertz CT molecular complexity index is 616. The standard InChI is InChI=1S/C16H21N3O2/c1-3-8-18-11-13(12(2)17-18)16(20)19-9-4-6-14(19)15-7-5-10-21-15/h5,7,10-11,14H,3-4,6,8-9H2,1-2H3/t14-/m1/s1. The van der Waals surface area contributed by atoms with E-state index in [2.05, 4.69) is 12.0 Å². The van der Waals surface area contributed by atoms with Crippen molar-refractivity contribution in [3.8, 4) is 0 Å². The SMILES string of the molecule is CCCn1cc(C(=O)N2CCC[C@@H]2c2ccco2)c(C)n1. The second-order valence-electron chi connectivity index (χ2n) is 5.56. The first-order valence-corrected chi connectivity index (χ1v) is 7.59. The van der Waals surface area contributed by atoms with Crippen molar-refractivity contribution >= 4 is 5.91 Å². The number of amides is 1. The second kappa shape index (κ2) is 5.76. The molecule has 5 heteroatoms. The van der Waals surface area contributed by atoms with Crippen LogP contribution in [0, 0.1) is 6.92 Å². The molecule has 0 aromatic carbocycles. The number of carbonyl (C=O) groups is 1. The molecule has 0 unspecified atom stereocenters. The zero-order valence-electron chi connectivity index (χ0n) is 12.6. The van der Waals surface area contributed by atoms with Crippen molar-refractivity contribution in [2.75, 3.05) is 6.54 Å². The van der Waals surface area contributed by atoms with Crippen molar-refractivity contribution in [3.05, 3.63) is 41.6 Å². The molecule has 2 aromatic rings. The molecule has 0 radical (unpaired) electrons. The van der Waals surface area contributed by atoms with Gasteiger partial charge in [0.15, 0.2) is 0 Å². The summed E-state index contributed by atoms with van der Waals surface area (Å²) >= 11 is 0. The Morgan fingerprint density at radius 3 is 3.10 bits per heavy atom. The number of nitrogens with zero attached hydrogens (tertiary/aromatic N) is 3. The van der Waals surface area contributed by atoms with Gasteiger partial charge < -0.3 is 9.32 Å². The van der Waals surface area contributed by atoms with Crippen LogP contribution in [0.3, 0.4) is 0 Å². The lowest BCUT2D eigenvalue weighted by Crippen LogP contribution is -2.30. The smallest absolute Gasteiger partial charge is 0.257 e. The van der Waals surface area contributed by atoms with Gasteiger partial charge in [0, 0.05) is 19.3 Å². The molecule has 21 heavy (non-hydrogen) atoms. The average molecular weight is 287 g/mol. The highest BCUT2D eigenvalue weighted by molar-refractivity contribution is 5.95. The Morgan fingerprint density at radius 1 is 1.52 bits per heavy atom. The van der Waals surface area contributed by atoms with Crippen molar-refractivity contribution in [2.45, 2.75) is 45.7 Å². The Balaban J connectivity index is 1.84. The number of carbonyl (C=O) groups excluding carboxylic acids is 1. The molecule has 0 spiro atoms. The molecular formula is C16H21N3O2. The minimum absolute atomic E-state index is 0.0569. The molecular weight excluding hydrogens is 266 g/mol. The van der Waals surface area contributed by atoms with E-state index in [4.69, 9.17) is 4.42 Å². The molecule has 2 aromatic heterocycles. The largest absolute Gasteiger partial charge is 0.467 e. The van der Waals surface area contributed by atoms with Gasteiger partial charge in [-0.05, 0) is 38.3 Å². The molecule has 0 aliphatic carbocycles. The first-order valence-electron chi connectivity index (χ1n) is 7.59. The van der Waals surface area contributed by atoms with E-state index >= 15 is 0 Å². The van der Waals surface area contributed by atoms with Crippen molar-refractivity contribution in [1.82, 2.24) is 14.7 Å². The van der Waals surface area contributed by atoms with Crippen LogP contribution in [0.15, 0.2) is 29.0 Å². The van der Waals surface area contributed by atoms with Crippen LogP contribution in [0.5, 0.6) is 0 Å². The summed E-state index contributed by atoms with van der Waals surface area (Å²) in [7, 11) is 0. The average Bonchev–Trinajstić information content (AvgIpc) is 3.18. The van der Waals surface area contributed by atoms with Crippen LogP contribution in [-0.2, 0) is 6.54 Å². The summed E-state index contributed by atoms with van der Waals surface area (Å²) in [5, 5.41) is 4.43. The van der Waals surface area contributed by atoms with Gasteiger partial charge in [0.25, 0.3) is 5.91 Å². The molecule has 0 bridgehead atoms. The van der Waals surface area contributed by atoms with Gasteiger partial charge >= 0.3 is 0 Å². The zero-order chi connectivity index (χ0) is 14.8. The molecule has 1 aliphatic rings. The topological polar surface area (TPSA) is 51.3 Å². The summed E-state index contributed by atoms with van der Waals surface area (Å²) in [6.45, 7) is 5.63. The highest BCUT2D eigenvalue weighted by atomic mass is 16.3. The van der Waals surface area contributed by atoms with E-state index in [0.29, 0.717) is 5.56 Å². The Labute approximate surface area is 124 Å². The van der Waals surface area contributed by atoms with Crippen molar-refractivity contribution in [3.63, 3.8) is 0 Å². The number of hydrogen-bond acceptors (Lipinski definition) is 3. The van der Waals surface area contributed by atoms with Crippen molar-refractivity contribution < 1.29 is 9.21 Å². The quantitative estimate of drug-likeness (QED) is 0.868. The predicted molar refractivity (Wildman–Crippen MR) is 79.0 cm³/mol. The predicted octanol–water partition coefficient (Wildman–Crippen LogP) is 3.17. The van der Waals surface area contributed by atoms with E-state index in [1.165, 1.54) is 0 Å². The summed E-state index contributed by atoms with van der Waals surface area (Å²) in [5.41, 5.74) is 1.51. The molecule has 112 valence electrons. The zero-order valence-corrected chi connectivity index (χ0v) is 12.6. The molecule has 3 heterocycles. The van der Waals surface area contributed by atoms with E-state index in [0.717, 1.165) is 43.8 Å². The van der Waals surface area contributed by atoms with Crippen LogP contribution in [0.2, 0.25) is 0 Å². The van der Waals surface area contributed by atoms with Crippen LogP contribution in [-0.4, -0.2) is 27.1 Å². The van der Waals surface area contributed by atoms with Gasteiger partial charge in [-0.3, -0.25) is 9.48 Å². The number of likely N-dealkylation sites (tertiary alicyclic amines) is 1. The third-order valence-electron chi connectivity index (χ3n) is 4.01. The molecule has 1 fully saturated rings. The van der Waals surface area contributed by atoms with Gasteiger partial charge in [-0.1, -0.05) is 6.92 Å². The highest BCUT2D eigenvalue weighted by Crippen LogP contribution is 2.33. The maximum Gasteiger partial charge on any atom is 0.257 e. The van der Waals surface area contributed by atoms with Crippen LogP contribution in [0.4, 0.5) is 0 Å². The van der Waals surface area contributed by atoms with E-state index in [-0.39, 0.29) is 11.9 Å². The Morgan fingerprint density at radius 2 is 2.38 bits per heavy atom. The van der Waals surface area contributed by atoms with Crippen LogP contribution >= 0.6 is 0 Å². The molecule has 1 atom stereocenters. The van der Waals surface area contributed by atoms with Gasteiger partial charge in [-0.25, -0.2) is 0 Å². The third kappa shape index (κ3) is 2.60. The van der Waals surface area contributed by atoms with Crippen molar-refractivity contribution in [1.29, 1.82) is 0 Å². The van der Waals surface area contributed by atoms with Gasteiger partial charge in [-0.15, -0.1) is 0 Å². The molecule has 1 saturated heterocycles. The first-order chi connectivity index (χ1) is 10.2. The maximum atomic E-state index is 12.8. The van der Waals surface area contributed by atoms with Gasteiger partial charge in [0.2, 0.25) is 0 Å². The van der Waals surface area contributed by atoms with Gasteiger partial charge in [0.1, 0.15) is 5.76 Å². The summed E-state index contributed by atoms with van der Waals surface area (Å²) in [5.74, 6) is 0.938. The van der Waals surface area contributed by atoms with E-state index < -0.39 is 0 Å². The van der Waals surface area contributed by atoms with E-state index in [1.807, 2.05) is 34.8 Å². The summed E-state index contributed by atoms with van der Waals surface area (Å²) in [4.78, 5) is 14.7. The number of aromatic nitrogens is 2. The first kappa shape index (κ1) is 13.9. The maximum absolute atomic E-state index is 12.8. The summed E-state index contributed by atoms with van der Waals surface area (Å²) in [6.07, 6.45) is 6.52. The van der Waals surface area contributed by atoms with Crippen LogP contribution in [0.1, 0.15) is 54.0 Å². The Hall–Kier alpha value is -2.04. The van der Waals surface area contributed by atoms with Crippen molar-refractivity contribution in [2.24, 2.45) is 0 Å². The number of rotatable bonds is 4. The number of hydrogen-bond donors (Lipinski definition) is 0. The number of furan rings is 1.